The molecule has 0 saturated carbocycles. The van der Waals surface area contributed by atoms with Gasteiger partial charge in [-0.2, -0.15) is 0 Å². The van der Waals surface area contributed by atoms with E-state index in [1.165, 1.54) is 6.08 Å². The van der Waals surface area contributed by atoms with E-state index in [0.717, 1.165) is 59.9 Å². The summed E-state index contributed by atoms with van der Waals surface area (Å²) < 4.78 is 21.7. The predicted octanol–water partition coefficient (Wildman–Crippen LogP) is 6.66. The Morgan fingerprint density at radius 2 is 1.08 bits per heavy atom. The van der Waals surface area contributed by atoms with Crippen LogP contribution in [0, 0.1) is 0 Å². The van der Waals surface area contributed by atoms with Crippen molar-refractivity contribution >= 4 is 18.0 Å². The fourth-order valence-corrected chi connectivity index (χ4v) is 3.46. The smallest absolute Gasteiger partial charge is 0.330 e. The van der Waals surface area contributed by atoms with Gasteiger partial charge < -0.3 is 18.9 Å². The number of rotatable bonds is 16. The summed E-state index contributed by atoms with van der Waals surface area (Å²) in [4.78, 5) is 22.8. The van der Waals surface area contributed by atoms with Crippen molar-refractivity contribution in [3.05, 3.63) is 103 Å². The zero-order valence-corrected chi connectivity index (χ0v) is 21.6. The maximum Gasteiger partial charge on any atom is 0.330 e. The molecule has 0 amide bonds. The number of unbranched alkanes of at least 4 members (excludes halogenated alkanes) is 2. The summed E-state index contributed by atoms with van der Waals surface area (Å²) >= 11 is 0. The predicted molar refractivity (Wildman–Crippen MR) is 149 cm³/mol. The Bertz CT molecular complexity index is 1150. The molecule has 0 spiro atoms. The average Bonchev–Trinajstić information content (AvgIpc) is 2.96. The van der Waals surface area contributed by atoms with Crippen molar-refractivity contribution in [3.63, 3.8) is 0 Å². The van der Waals surface area contributed by atoms with Gasteiger partial charge in [-0.25, -0.2) is 9.59 Å². The maximum absolute atomic E-state index is 11.8. The molecule has 0 aliphatic heterocycles. The van der Waals surface area contributed by atoms with Crippen LogP contribution < -0.4 is 9.47 Å². The van der Waals surface area contributed by atoms with Crippen LogP contribution in [0.5, 0.6) is 11.5 Å². The molecule has 0 aromatic heterocycles. The minimum Gasteiger partial charge on any atom is -0.494 e. The lowest BCUT2D eigenvalue weighted by Crippen LogP contribution is -2.04. The Hall–Kier alpha value is -4.32. The van der Waals surface area contributed by atoms with Crippen LogP contribution in [-0.2, 0) is 19.1 Å². The molecule has 0 radical (unpaired) electrons. The molecule has 0 bridgehead atoms. The number of ether oxygens (including phenoxy) is 4. The van der Waals surface area contributed by atoms with Gasteiger partial charge in [0.25, 0.3) is 0 Å². The van der Waals surface area contributed by atoms with Gasteiger partial charge in [0.05, 0.1) is 26.4 Å². The van der Waals surface area contributed by atoms with Crippen LogP contribution in [0.2, 0.25) is 0 Å². The second-order valence-corrected chi connectivity index (χ2v) is 8.44. The van der Waals surface area contributed by atoms with E-state index in [2.05, 4.69) is 6.58 Å². The summed E-state index contributed by atoms with van der Waals surface area (Å²) in [6.45, 7) is 5.22. The Morgan fingerprint density at radius 1 is 0.605 bits per heavy atom. The zero-order valence-electron chi connectivity index (χ0n) is 21.6. The third kappa shape index (κ3) is 10.7. The Labute approximate surface area is 224 Å². The fourth-order valence-electron chi connectivity index (χ4n) is 3.46. The highest BCUT2D eigenvalue weighted by Crippen LogP contribution is 2.25. The van der Waals surface area contributed by atoms with E-state index >= 15 is 0 Å². The highest BCUT2D eigenvalue weighted by Gasteiger charge is 2.02. The molecule has 3 rings (SSSR count). The highest BCUT2D eigenvalue weighted by atomic mass is 16.5. The van der Waals surface area contributed by atoms with Crippen LogP contribution in [0.3, 0.4) is 0 Å². The SMILES string of the molecule is C=CC(=O)OCCCCOc1ccc(-c2ccc(OCCCCOC(=O)/C=C/c3ccccc3)cc2)cc1. The van der Waals surface area contributed by atoms with Gasteiger partial charge in [-0.1, -0.05) is 61.2 Å². The zero-order chi connectivity index (χ0) is 26.8. The lowest BCUT2D eigenvalue weighted by Gasteiger charge is -2.09. The van der Waals surface area contributed by atoms with Gasteiger partial charge in [-0.3, -0.25) is 0 Å². The Balaban J connectivity index is 1.28. The second kappa shape index (κ2) is 16.4. The van der Waals surface area contributed by atoms with Crippen molar-refractivity contribution in [2.75, 3.05) is 26.4 Å². The number of esters is 2. The first-order valence-corrected chi connectivity index (χ1v) is 12.8. The molecular formula is C32H34O6. The number of hydrogen-bond acceptors (Lipinski definition) is 6. The van der Waals surface area contributed by atoms with Gasteiger partial charge in [0.15, 0.2) is 0 Å². The van der Waals surface area contributed by atoms with E-state index in [9.17, 15) is 9.59 Å². The first kappa shape index (κ1) is 28.3. The third-order valence-electron chi connectivity index (χ3n) is 5.52. The van der Waals surface area contributed by atoms with Gasteiger partial charge in [0.2, 0.25) is 0 Å². The van der Waals surface area contributed by atoms with Crippen molar-refractivity contribution in [2.45, 2.75) is 25.7 Å². The maximum atomic E-state index is 11.8. The van der Waals surface area contributed by atoms with Crippen molar-refractivity contribution in [3.8, 4) is 22.6 Å². The second-order valence-electron chi connectivity index (χ2n) is 8.44. The van der Waals surface area contributed by atoms with Crippen LogP contribution >= 0.6 is 0 Å². The number of carbonyl (C=O) groups excluding carboxylic acids is 2. The first-order valence-electron chi connectivity index (χ1n) is 12.8. The Kier molecular flexibility index (Phi) is 12.2. The molecule has 0 fully saturated rings. The van der Waals surface area contributed by atoms with E-state index in [-0.39, 0.29) is 5.97 Å². The summed E-state index contributed by atoms with van der Waals surface area (Å²) in [5.41, 5.74) is 3.13. The van der Waals surface area contributed by atoms with E-state index < -0.39 is 5.97 Å². The van der Waals surface area contributed by atoms with Gasteiger partial charge in [-0.05, 0) is 72.7 Å². The molecule has 6 nitrogen and oxygen atoms in total. The van der Waals surface area contributed by atoms with Crippen LogP contribution in [0.15, 0.2) is 97.6 Å². The number of benzene rings is 3. The number of carbonyl (C=O) groups is 2. The highest BCUT2D eigenvalue weighted by molar-refractivity contribution is 5.87. The quantitative estimate of drug-likeness (QED) is 0.121. The van der Waals surface area contributed by atoms with Gasteiger partial charge in [0.1, 0.15) is 11.5 Å². The summed E-state index contributed by atoms with van der Waals surface area (Å²) in [6.07, 6.45) is 7.42. The molecule has 0 saturated heterocycles. The molecule has 6 heteroatoms. The fraction of sp³-hybridized carbons (Fsp3) is 0.250. The van der Waals surface area contributed by atoms with Crippen LogP contribution in [0.25, 0.3) is 17.2 Å². The molecule has 0 atom stereocenters. The topological polar surface area (TPSA) is 71.1 Å². The molecule has 0 unspecified atom stereocenters. The standard InChI is InChI=1S/C32H34O6/c1-2-31(33)37-24-8-6-22-35-29-17-13-27(14-18-29)28-15-19-30(20-16-28)36-23-7-9-25-38-32(34)21-12-26-10-4-3-5-11-26/h2-5,10-21H,1,6-9,22-25H2/b21-12+. The summed E-state index contributed by atoms with van der Waals surface area (Å²) in [5.74, 6) is 0.864. The third-order valence-corrected chi connectivity index (χ3v) is 5.52. The Morgan fingerprint density at radius 3 is 1.58 bits per heavy atom. The van der Waals surface area contributed by atoms with Crippen LogP contribution in [0.4, 0.5) is 0 Å². The summed E-state index contributed by atoms with van der Waals surface area (Å²) in [5, 5.41) is 0. The largest absolute Gasteiger partial charge is 0.494 e. The summed E-state index contributed by atoms with van der Waals surface area (Å²) in [7, 11) is 0. The molecule has 198 valence electrons. The molecule has 38 heavy (non-hydrogen) atoms. The van der Waals surface area contributed by atoms with Crippen molar-refractivity contribution in [1.29, 1.82) is 0 Å². The lowest BCUT2D eigenvalue weighted by atomic mass is 10.1. The molecule has 3 aromatic rings. The van der Waals surface area contributed by atoms with Crippen molar-refractivity contribution < 1.29 is 28.5 Å². The van der Waals surface area contributed by atoms with Gasteiger partial charge in [-0.15, -0.1) is 0 Å². The average molecular weight is 515 g/mol. The van der Waals surface area contributed by atoms with Gasteiger partial charge >= 0.3 is 11.9 Å². The van der Waals surface area contributed by atoms with Crippen LogP contribution in [-0.4, -0.2) is 38.4 Å². The molecule has 3 aromatic carbocycles. The molecular weight excluding hydrogens is 480 g/mol. The van der Waals surface area contributed by atoms with Crippen LogP contribution in [0.1, 0.15) is 31.2 Å². The van der Waals surface area contributed by atoms with E-state index in [4.69, 9.17) is 18.9 Å². The minimum atomic E-state index is -0.399. The normalized spacial score (nSPS) is 10.6. The molecule has 0 N–H and O–H groups in total. The van der Waals surface area contributed by atoms with Crippen molar-refractivity contribution in [1.82, 2.24) is 0 Å². The van der Waals surface area contributed by atoms with E-state index in [1.807, 2.05) is 78.9 Å². The molecule has 0 aliphatic rings. The number of hydrogen-bond donors (Lipinski definition) is 0. The van der Waals surface area contributed by atoms with Gasteiger partial charge in [0, 0.05) is 12.2 Å². The summed E-state index contributed by atoms with van der Waals surface area (Å²) in [6, 6.07) is 25.5. The lowest BCUT2D eigenvalue weighted by molar-refractivity contribution is -0.138. The monoisotopic (exact) mass is 514 g/mol. The van der Waals surface area contributed by atoms with Crippen molar-refractivity contribution in [2.24, 2.45) is 0 Å². The van der Waals surface area contributed by atoms with E-state index in [0.29, 0.717) is 26.4 Å². The first-order chi connectivity index (χ1) is 18.6. The molecule has 0 aliphatic carbocycles. The molecule has 0 heterocycles. The van der Waals surface area contributed by atoms with E-state index in [1.54, 1.807) is 6.08 Å². The minimum absolute atomic E-state index is 0.339.